The number of nitrogens with zero attached hydrogens (tertiary/aromatic N) is 4. The van der Waals surface area contributed by atoms with Crippen LogP contribution < -0.4 is 10.1 Å². The topological polar surface area (TPSA) is 64.3 Å². The molecule has 1 aromatic carbocycles. The lowest BCUT2D eigenvalue weighted by Gasteiger charge is -2.05. The molecule has 0 amide bonds. The van der Waals surface area contributed by atoms with E-state index in [4.69, 9.17) is 4.74 Å². The van der Waals surface area contributed by atoms with Crippen molar-refractivity contribution in [3.05, 3.63) is 46.8 Å². The molecule has 6 nitrogen and oxygen atoms in total. The molecule has 24 heavy (non-hydrogen) atoms. The Morgan fingerprint density at radius 2 is 2.17 bits per heavy atom. The molecule has 1 aliphatic carbocycles. The zero-order valence-electron chi connectivity index (χ0n) is 13.6. The maximum absolute atomic E-state index is 5.63. The van der Waals surface area contributed by atoms with Gasteiger partial charge < -0.3 is 10.1 Å². The summed E-state index contributed by atoms with van der Waals surface area (Å²) in [6, 6.07) is 8.50. The maximum Gasteiger partial charge on any atom is 0.254 e. The van der Waals surface area contributed by atoms with Gasteiger partial charge in [0.05, 0.1) is 12.3 Å². The second kappa shape index (κ2) is 5.19. The van der Waals surface area contributed by atoms with Crippen LogP contribution in [0.15, 0.2) is 24.3 Å². The monoisotopic (exact) mass is 321 g/mol. The van der Waals surface area contributed by atoms with Crippen LogP contribution in [-0.2, 0) is 13.0 Å². The summed E-state index contributed by atoms with van der Waals surface area (Å²) in [5.41, 5.74) is 4.68. The summed E-state index contributed by atoms with van der Waals surface area (Å²) in [5.74, 6) is 2.91. The van der Waals surface area contributed by atoms with Crippen molar-refractivity contribution in [3.63, 3.8) is 0 Å². The third-order valence-electron chi connectivity index (χ3n) is 4.67. The van der Waals surface area contributed by atoms with E-state index in [1.807, 2.05) is 11.4 Å². The predicted molar refractivity (Wildman–Crippen MR) is 90.5 cm³/mol. The number of hydrogen-bond donors (Lipinski definition) is 1. The van der Waals surface area contributed by atoms with Crippen LogP contribution >= 0.6 is 0 Å². The molecule has 3 aromatic rings. The number of anilines is 1. The molecule has 6 heteroatoms. The Balaban J connectivity index is 1.40. The molecular weight excluding hydrogens is 302 g/mol. The zero-order valence-corrected chi connectivity index (χ0v) is 13.6. The average molecular weight is 321 g/mol. The highest BCUT2D eigenvalue weighted by Crippen LogP contribution is 2.40. The summed E-state index contributed by atoms with van der Waals surface area (Å²) in [4.78, 5) is 9.03. The minimum absolute atomic E-state index is 0.609. The highest BCUT2D eigenvalue weighted by molar-refractivity contribution is 5.43. The van der Waals surface area contributed by atoms with E-state index in [2.05, 4.69) is 44.6 Å². The van der Waals surface area contributed by atoms with E-state index < -0.39 is 0 Å². The SMILES string of the molecule is Cc1cc(C2CC2)n2nc(NCc3ccc4c(c3)OCC4)nc2n1. The molecule has 0 atom stereocenters. The van der Waals surface area contributed by atoms with Crippen LogP contribution in [0.5, 0.6) is 5.75 Å². The number of hydrogen-bond acceptors (Lipinski definition) is 5. The van der Waals surface area contributed by atoms with Crippen molar-refractivity contribution in [2.45, 2.75) is 38.6 Å². The van der Waals surface area contributed by atoms with Crippen molar-refractivity contribution < 1.29 is 4.74 Å². The predicted octanol–water partition coefficient (Wildman–Crippen LogP) is 2.86. The van der Waals surface area contributed by atoms with E-state index in [0.717, 1.165) is 24.5 Å². The summed E-state index contributed by atoms with van der Waals surface area (Å²) in [5, 5.41) is 7.91. The molecule has 122 valence electrons. The lowest BCUT2D eigenvalue weighted by Crippen LogP contribution is -2.03. The summed E-state index contributed by atoms with van der Waals surface area (Å²) in [7, 11) is 0. The third-order valence-corrected chi connectivity index (χ3v) is 4.67. The molecule has 0 bridgehead atoms. The number of aromatic nitrogens is 4. The third kappa shape index (κ3) is 2.38. The first kappa shape index (κ1) is 13.8. The van der Waals surface area contributed by atoms with Crippen LogP contribution in [0.3, 0.4) is 0 Å². The lowest BCUT2D eigenvalue weighted by molar-refractivity contribution is 0.356. The van der Waals surface area contributed by atoms with Crippen LogP contribution in [0.1, 0.15) is 41.3 Å². The molecule has 2 aromatic heterocycles. The van der Waals surface area contributed by atoms with E-state index in [0.29, 0.717) is 24.2 Å². The molecule has 3 heterocycles. The minimum atomic E-state index is 0.609. The van der Waals surface area contributed by atoms with E-state index in [1.54, 1.807) is 0 Å². The van der Waals surface area contributed by atoms with Crippen molar-refractivity contribution in [1.29, 1.82) is 0 Å². The maximum atomic E-state index is 5.63. The fourth-order valence-corrected chi connectivity index (χ4v) is 3.26. The molecule has 0 saturated heterocycles. The van der Waals surface area contributed by atoms with Gasteiger partial charge in [0.25, 0.3) is 5.78 Å². The fraction of sp³-hybridized carbons (Fsp3) is 0.389. The largest absolute Gasteiger partial charge is 0.493 e. The molecule has 1 saturated carbocycles. The van der Waals surface area contributed by atoms with E-state index in [-0.39, 0.29) is 0 Å². The number of rotatable bonds is 4. The second-order valence-electron chi connectivity index (χ2n) is 6.64. The smallest absolute Gasteiger partial charge is 0.254 e. The summed E-state index contributed by atoms with van der Waals surface area (Å²) in [6.07, 6.45) is 3.47. The Morgan fingerprint density at radius 1 is 1.25 bits per heavy atom. The number of nitrogens with one attached hydrogen (secondary N) is 1. The van der Waals surface area contributed by atoms with Gasteiger partial charge in [0, 0.05) is 24.6 Å². The Morgan fingerprint density at radius 3 is 3.04 bits per heavy atom. The molecule has 0 radical (unpaired) electrons. The minimum Gasteiger partial charge on any atom is -0.493 e. The van der Waals surface area contributed by atoms with Crippen LogP contribution in [0, 0.1) is 6.92 Å². The zero-order chi connectivity index (χ0) is 16.1. The normalized spacial score (nSPS) is 16.2. The van der Waals surface area contributed by atoms with Crippen molar-refractivity contribution in [3.8, 4) is 5.75 Å². The first-order chi connectivity index (χ1) is 11.8. The van der Waals surface area contributed by atoms with E-state index in [9.17, 15) is 0 Å². The fourth-order valence-electron chi connectivity index (χ4n) is 3.26. The Kier molecular flexibility index (Phi) is 2.98. The molecule has 2 aliphatic rings. The molecule has 0 spiro atoms. The highest BCUT2D eigenvalue weighted by Gasteiger charge is 2.27. The Hall–Kier alpha value is -2.63. The van der Waals surface area contributed by atoms with Gasteiger partial charge in [-0.1, -0.05) is 12.1 Å². The number of aryl methyl sites for hydroxylation is 1. The summed E-state index contributed by atoms with van der Waals surface area (Å²) in [6.45, 7) is 3.47. The van der Waals surface area contributed by atoms with Gasteiger partial charge in [-0.15, -0.1) is 5.10 Å². The first-order valence-corrected chi connectivity index (χ1v) is 8.49. The lowest BCUT2D eigenvalue weighted by atomic mass is 10.1. The number of benzene rings is 1. The van der Waals surface area contributed by atoms with Gasteiger partial charge in [0.2, 0.25) is 5.95 Å². The van der Waals surface area contributed by atoms with Crippen LogP contribution in [0.2, 0.25) is 0 Å². The van der Waals surface area contributed by atoms with E-state index in [1.165, 1.54) is 29.7 Å². The van der Waals surface area contributed by atoms with Crippen molar-refractivity contribution in [2.24, 2.45) is 0 Å². The average Bonchev–Trinajstić information content (AvgIpc) is 3.17. The Bertz CT molecular complexity index is 929. The first-order valence-electron chi connectivity index (χ1n) is 8.49. The summed E-state index contributed by atoms with van der Waals surface area (Å²) >= 11 is 0. The van der Waals surface area contributed by atoms with Crippen LogP contribution in [0.4, 0.5) is 5.95 Å². The van der Waals surface area contributed by atoms with E-state index >= 15 is 0 Å². The van der Waals surface area contributed by atoms with Crippen molar-refractivity contribution in [2.75, 3.05) is 11.9 Å². The molecular formula is C18H19N5O. The number of fused-ring (bicyclic) bond motifs is 2. The van der Waals surface area contributed by atoms with Gasteiger partial charge in [0.15, 0.2) is 0 Å². The van der Waals surface area contributed by atoms with Crippen molar-refractivity contribution in [1.82, 2.24) is 19.6 Å². The van der Waals surface area contributed by atoms with Crippen LogP contribution in [-0.4, -0.2) is 26.2 Å². The molecule has 0 unspecified atom stereocenters. The van der Waals surface area contributed by atoms with Gasteiger partial charge in [-0.2, -0.15) is 9.50 Å². The molecule has 1 fully saturated rings. The Labute approximate surface area is 139 Å². The van der Waals surface area contributed by atoms with Gasteiger partial charge in [0.1, 0.15) is 5.75 Å². The van der Waals surface area contributed by atoms with Gasteiger partial charge >= 0.3 is 0 Å². The molecule has 5 rings (SSSR count). The molecule has 1 N–H and O–H groups in total. The highest BCUT2D eigenvalue weighted by atomic mass is 16.5. The van der Waals surface area contributed by atoms with Gasteiger partial charge in [-0.25, -0.2) is 4.98 Å². The molecule has 1 aliphatic heterocycles. The number of ether oxygens (including phenoxy) is 1. The van der Waals surface area contributed by atoms with Gasteiger partial charge in [-0.3, -0.25) is 0 Å². The standard InChI is InChI=1S/C18H19N5O/c1-11-8-15(13-4-5-13)23-18(20-11)21-17(22-23)19-10-12-2-3-14-6-7-24-16(14)9-12/h2-3,8-9,13H,4-7,10H2,1H3,(H,19,22). The second-order valence-corrected chi connectivity index (χ2v) is 6.64. The van der Waals surface area contributed by atoms with Gasteiger partial charge in [-0.05, 0) is 43.0 Å². The van der Waals surface area contributed by atoms with Crippen molar-refractivity contribution >= 4 is 11.7 Å². The van der Waals surface area contributed by atoms with Crippen LogP contribution in [0.25, 0.3) is 5.78 Å². The summed E-state index contributed by atoms with van der Waals surface area (Å²) < 4.78 is 7.52. The quantitative estimate of drug-likeness (QED) is 0.800.